The van der Waals surface area contributed by atoms with Crippen LogP contribution in [0, 0.1) is 0 Å². The van der Waals surface area contributed by atoms with Crippen molar-refractivity contribution >= 4 is 0 Å². The zero-order valence-corrected chi connectivity index (χ0v) is 12.8. The molecule has 6 nitrogen and oxygen atoms in total. The van der Waals surface area contributed by atoms with Gasteiger partial charge in [-0.15, -0.1) is 0 Å². The van der Waals surface area contributed by atoms with Gasteiger partial charge >= 0.3 is 0 Å². The Balaban J connectivity index is 1.88. The van der Waals surface area contributed by atoms with Crippen molar-refractivity contribution < 1.29 is 14.6 Å². The zero-order valence-electron chi connectivity index (χ0n) is 12.8. The second-order valence-corrected chi connectivity index (χ2v) is 5.78. The van der Waals surface area contributed by atoms with Crippen LogP contribution in [0.1, 0.15) is 42.4 Å². The first-order chi connectivity index (χ1) is 11.2. The van der Waals surface area contributed by atoms with E-state index >= 15 is 0 Å². The number of rotatable bonds is 4. The summed E-state index contributed by atoms with van der Waals surface area (Å²) >= 11 is 0. The van der Waals surface area contributed by atoms with E-state index in [2.05, 4.69) is 9.88 Å². The van der Waals surface area contributed by atoms with Crippen LogP contribution >= 0.6 is 0 Å². The Morgan fingerprint density at radius 3 is 3.00 bits per heavy atom. The van der Waals surface area contributed by atoms with Gasteiger partial charge in [-0.2, -0.15) is 0 Å². The number of likely N-dealkylation sites (tertiary alicyclic amines) is 1. The van der Waals surface area contributed by atoms with E-state index in [1.54, 1.807) is 6.20 Å². The molecule has 0 bridgehead atoms. The molecule has 0 saturated carbocycles. The molecule has 1 fully saturated rings. The minimum atomic E-state index is -0.523. The molecule has 0 aliphatic carbocycles. The van der Waals surface area contributed by atoms with Crippen LogP contribution in [-0.4, -0.2) is 26.6 Å². The van der Waals surface area contributed by atoms with Crippen molar-refractivity contribution in [2.75, 3.05) is 6.54 Å². The topological polar surface area (TPSA) is 86.8 Å². The number of aliphatic hydroxyl groups excluding tert-OH is 1. The van der Waals surface area contributed by atoms with Crippen LogP contribution in [0.3, 0.4) is 0 Å². The molecule has 3 rings (SSSR count). The highest BCUT2D eigenvalue weighted by Gasteiger charge is 2.26. The van der Waals surface area contributed by atoms with Crippen LogP contribution in [0.5, 0.6) is 5.75 Å². The summed E-state index contributed by atoms with van der Waals surface area (Å²) in [4.78, 5) is 18.1. The molecule has 2 aromatic heterocycles. The zero-order chi connectivity index (χ0) is 16.2. The third-order valence-corrected chi connectivity index (χ3v) is 4.23. The maximum atomic E-state index is 11.8. The summed E-state index contributed by atoms with van der Waals surface area (Å²) in [5.41, 5.74) is 0.595. The fourth-order valence-electron chi connectivity index (χ4n) is 3.09. The Morgan fingerprint density at radius 1 is 1.39 bits per heavy atom. The molecule has 1 saturated heterocycles. The predicted octanol–water partition coefficient (Wildman–Crippen LogP) is 1.96. The number of nitrogens with zero attached hydrogens (tertiary/aromatic N) is 2. The molecule has 0 aromatic carbocycles. The Labute approximate surface area is 134 Å². The molecule has 2 aromatic rings. The summed E-state index contributed by atoms with van der Waals surface area (Å²) < 4.78 is 5.47. The fraction of sp³-hybridized carbons (Fsp3) is 0.412. The van der Waals surface area contributed by atoms with Crippen LogP contribution < -0.4 is 5.43 Å². The summed E-state index contributed by atoms with van der Waals surface area (Å²) in [6.45, 7) is 0.815. The molecule has 0 unspecified atom stereocenters. The first kappa shape index (κ1) is 15.7. The molecule has 0 amide bonds. The largest absolute Gasteiger partial charge is 0.502 e. The molecular formula is C17H20N2O4. The molecule has 1 atom stereocenters. The first-order valence-electron chi connectivity index (χ1n) is 7.78. The SMILES string of the molecule is O=c1cc(CO)oc(CN2CCCC[C@H]2c2cccnc2)c1O. The predicted molar refractivity (Wildman–Crippen MR) is 83.8 cm³/mol. The summed E-state index contributed by atoms with van der Waals surface area (Å²) in [5, 5.41) is 19.2. The lowest BCUT2D eigenvalue weighted by Gasteiger charge is -2.35. The Kier molecular flexibility index (Phi) is 4.73. The van der Waals surface area contributed by atoms with Crippen molar-refractivity contribution in [3.63, 3.8) is 0 Å². The maximum Gasteiger partial charge on any atom is 0.227 e. The van der Waals surface area contributed by atoms with Crippen LogP contribution in [0.2, 0.25) is 0 Å². The molecule has 0 spiro atoms. The van der Waals surface area contributed by atoms with Gasteiger partial charge in [0.1, 0.15) is 12.4 Å². The second-order valence-electron chi connectivity index (χ2n) is 5.78. The van der Waals surface area contributed by atoms with E-state index in [4.69, 9.17) is 4.42 Å². The Hall–Kier alpha value is -2.18. The van der Waals surface area contributed by atoms with Crippen molar-refractivity contribution in [3.05, 3.63) is 57.9 Å². The van der Waals surface area contributed by atoms with Gasteiger partial charge in [-0.25, -0.2) is 0 Å². The van der Waals surface area contributed by atoms with E-state index < -0.39 is 5.43 Å². The number of hydrogen-bond acceptors (Lipinski definition) is 6. The molecule has 122 valence electrons. The first-order valence-corrected chi connectivity index (χ1v) is 7.78. The normalized spacial score (nSPS) is 18.9. The van der Waals surface area contributed by atoms with Crippen LogP contribution in [0.4, 0.5) is 0 Å². The minimum Gasteiger partial charge on any atom is -0.502 e. The standard InChI is InChI=1S/C17H20N2O4/c20-11-13-8-15(21)17(22)16(23-13)10-19-7-2-1-5-14(19)12-4-3-6-18-9-12/h3-4,6,8-9,14,20,22H,1-2,5,7,10-11H2/t14-/m0/s1. The van der Waals surface area contributed by atoms with E-state index in [-0.39, 0.29) is 29.9 Å². The van der Waals surface area contributed by atoms with Gasteiger partial charge in [0.05, 0.1) is 6.54 Å². The number of hydrogen-bond donors (Lipinski definition) is 2. The lowest BCUT2D eigenvalue weighted by molar-refractivity contribution is 0.123. The third kappa shape index (κ3) is 3.43. The van der Waals surface area contributed by atoms with E-state index in [1.165, 1.54) is 0 Å². The fourth-order valence-corrected chi connectivity index (χ4v) is 3.09. The van der Waals surface area contributed by atoms with Crippen molar-refractivity contribution in [1.82, 2.24) is 9.88 Å². The number of aromatic nitrogens is 1. The molecule has 23 heavy (non-hydrogen) atoms. The molecule has 6 heteroatoms. The summed E-state index contributed by atoms with van der Waals surface area (Å²) in [6, 6.07) is 5.25. The number of aromatic hydroxyl groups is 1. The summed E-state index contributed by atoms with van der Waals surface area (Å²) in [5.74, 6) is -0.00668. The van der Waals surface area contributed by atoms with E-state index in [1.807, 2.05) is 18.3 Å². The number of piperidine rings is 1. The van der Waals surface area contributed by atoms with Gasteiger partial charge in [-0.1, -0.05) is 12.5 Å². The van der Waals surface area contributed by atoms with Gasteiger partial charge in [0.25, 0.3) is 0 Å². The summed E-state index contributed by atoms with van der Waals surface area (Å²) in [6.07, 6.45) is 6.77. The van der Waals surface area contributed by atoms with Gasteiger partial charge in [0.15, 0.2) is 5.76 Å². The molecule has 3 heterocycles. The lowest BCUT2D eigenvalue weighted by atomic mass is 9.96. The van der Waals surface area contributed by atoms with Crippen molar-refractivity contribution in [2.24, 2.45) is 0 Å². The van der Waals surface area contributed by atoms with E-state index in [9.17, 15) is 15.0 Å². The number of pyridine rings is 1. The second kappa shape index (κ2) is 6.93. The monoisotopic (exact) mass is 316 g/mol. The average molecular weight is 316 g/mol. The Bertz CT molecular complexity index is 714. The molecule has 2 N–H and O–H groups in total. The van der Waals surface area contributed by atoms with Gasteiger partial charge < -0.3 is 14.6 Å². The molecule has 1 aliphatic heterocycles. The average Bonchev–Trinajstić information content (AvgIpc) is 2.60. The molecule has 0 radical (unpaired) electrons. The number of aliphatic hydroxyl groups is 1. The minimum absolute atomic E-state index is 0.165. The van der Waals surface area contributed by atoms with Crippen molar-refractivity contribution in [2.45, 2.75) is 38.5 Å². The van der Waals surface area contributed by atoms with Gasteiger partial charge in [0.2, 0.25) is 11.2 Å². The smallest absolute Gasteiger partial charge is 0.227 e. The lowest BCUT2D eigenvalue weighted by Crippen LogP contribution is -2.33. The summed E-state index contributed by atoms with van der Waals surface area (Å²) in [7, 11) is 0. The highest BCUT2D eigenvalue weighted by atomic mass is 16.4. The quantitative estimate of drug-likeness (QED) is 0.896. The van der Waals surface area contributed by atoms with Crippen LogP contribution in [0.25, 0.3) is 0 Å². The Morgan fingerprint density at radius 2 is 2.26 bits per heavy atom. The van der Waals surface area contributed by atoms with E-state index in [0.717, 1.165) is 37.4 Å². The van der Waals surface area contributed by atoms with Crippen molar-refractivity contribution in [3.8, 4) is 5.75 Å². The highest BCUT2D eigenvalue weighted by molar-refractivity contribution is 5.25. The van der Waals surface area contributed by atoms with Gasteiger partial charge in [-0.05, 0) is 31.0 Å². The highest BCUT2D eigenvalue weighted by Crippen LogP contribution is 2.32. The molecule has 1 aliphatic rings. The molecular weight excluding hydrogens is 296 g/mol. The van der Waals surface area contributed by atoms with Crippen LogP contribution in [-0.2, 0) is 13.2 Å². The third-order valence-electron chi connectivity index (χ3n) is 4.23. The maximum absolute atomic E-state index is 11.8. The van der Waals surface area contributed by atoms with E-state index in [0.29, 0.717) is 6.54 Å². The van der Waals surface area contributed by atoms with Gasteiger partial charge in [0, 0.05) is 24.5 Å². The van der Waals surface area contributed by atoms with Crippen molar-refractivity contribution in [1.29, 1.82) is 0 Å². The van der Waals surface area contributed by atoms with Gasteiger partial charge in [-0.3, -0.25) is 14.7 Å². The van der Waals surface area contributed by atoms with Crippen LogP contribution in [0.15, 0.2) is 39.8 Å².